The number of aliphatic hydroxyl groups excluding tert-OH is 1. The smallest absolute Gasteiger partial charge is 0.410 e. The number of hydrogen-bond donors (Lipinski definition) is 2. The van der Waals surface area contributed by atoms with E-state index in [4.69, 9.17) is 4.74 Å². The van der Waals surface area contributed by atoms with Gasteiger partial charge in [0.25, 0.3) is 5.69 Å². The average Bonchev–Trinajstić information content (AvgIpc) is 2.68. The van der Waals surface area contributed by atoms with Crippen molar-refractivity contribution >= 4 is 23.0 Å². The zero-order valence-corrected chi connectivity index (χ0v) is 17.9. The van der Waals surface area contributed by atoms with E-state index < -0.39 is 5.60 Å². The minimum Gasteiger partial charge on any atom is -0.444 e. The summed E-state index contributed by atoms with van der Waals surface area (Å²) in [5.41, 5.74) is 1.81. The summed E-state index contributed by atoms with van der Waals surface area (Å²) >= 11 is 0. The molecular weight excluding hydrogens is 386 g/mol. The van der Waals surface area contributed by atoms with Crippen molar-refractivity contribution in [3.05, 3.63) is 40.0 Å². The Kier molecular flexibility index (Phi) is 6.65. The summed E-state index contributed by atoms with van der Waals surface area (Å²) in [4.78, 5) is 25.2. The van der Waals surface area contributed by atoms with Crippen molar-refractivity contribution in [3.63, 3.8) is 0 Å². The minimum atomic E-state index is -0.541. The van der Waals surface area contributed by atoms with Crippen LogP contribution in [0.1, 0.15) is 58.4 Å². The molecule has 1 aliphatic carbocycles. The summed E-state index contributed by atoms with van der Waals surface area (Å²) in [6.45, 7) is 6.43. The maximum Gasteiger partial charge on any atom is 0.410 e. The average molecular weight is 418 g/mol. The van der Waals surface area contributed by atoms with Crippen LogP contribution >= 0.6 is 0 Å². The van der Waals surface area contributed by atoms with Crippen LogP contribution in [-0.2, 0) is 4.74 Å². The molecule has 1 aromatic carbocycles. The van der Waals surface area contributed by atoms with E-state index in [1.807, 2.05) is 32.9 Å². The van der Waals surface area contributed by atoms with Crippen molar-refractivity contribution < 1.29 is 19.6 Å². The minimum absolute atomic E-state index is 0.0501. The van der Waals surface area contributed by atoms with Crippen molar-refractivity contribution in [1.82, 2.24) is 4.90 Å². The zero-order valence-electron chi connectivity index (χ0n) is 17.9. The first kappa shape index (κ1) is 22.1. The van der Waals surface area contributed by atoms with E-state index in [2.05, 4.69) is 5.32 Å². The van der Waals surface area contributed by atoms with Crippen LogP contribution in [0.25, 0.3) is 5.57 Å². The molecule has 1 heterocycles. The number of amides is 1. The van der Waals surface area contributed by atoms with E-state index >= 15 is 0 Å². The Morgan fingerprint density at radius 3 is 2.53 bits per heavy atom. The summed E-state index contributed by atoms with van der Waals surface area (Å²) in [7, 11) is 0. The summed E-state index contributed by atoms with van der Waals surface area (Å²) in [6.07, 6.45) is 4.96. The van der Waals surface area contributed by atoms with Crippen LogP contribution < -0.4 is 5.32 Å². The quantitative estimate of drug-likeness (QED) is 0.558. The summed E-state index contributed by atoms with van der Waals surface area (Å²) < 4.78 is 5.41. The number of nitro groups is 1. The van der Waals surface area contributed by atoms with Crippen LogP contribution in [-0.4, -0.2) is 51.9 Å². The Balaban J connectivity index is 1.70. The molecule has 0 bridgehead atoms. The van der Waals surface area contributed by atoms with Gasteiger partial charge in [-0.25, -0.2) is 4.79 Å². The fourth-order valence-corrected chi connectivity index (χ4v) is 3.87. The van der Waals surface area contributed by atoms with Crippen LogP contribution in [0, 0.1) is 10.1 Å². The van der Waals surface area contributed by atoms with Crippen molar-refractivity contribution in [1.29, 1.82) is 0 Å². The second-order valence-electron chi connectivity index (χ2n) is 9.04. The number of hydrogen-bond acceptors (Lipinski definition) is 6. The van der Waals surface area contributed by atoms with Gasteiger partial charge in [0.15, 0.2) is 0 Å². The first-order valence-electron chi connectivity index (χ1n) is 10.5. The lowest BCUT2D eigenvalue weighted by molar-refractivity contribution is -0.384. The number of nitro benzene ring substituents is 1. The van der Waals surface area contributed by atoms with E-state index in [0.717, 1.165) is 24.0 Å². The molecule has 1 aliphatic heterocycles. The van der Waals surface area contributed by atoms with E-state index in [0.29, 0.717) is 38.0 Å². The normalized spacial score (nSPS) is 22.3. The van der Waals surface area contributed by atoms with E-state index in [1.165, 1.54) is 0 Å². The zero-order chi connectivity index (χ0) is 21.9. The lowest BCUT2D eigenvalue weighted by Gasteiger charge is -2.29. The third-order valence-corrected chi connectivity index (χ3v) is 5.48. The largest absolute Gasteiger partial charge is 0.444 e. The van der Waals surface area contributed by atoms with Crippen LogP contribution in [0.15, 0.2) is 24.3 Å². The standard InChI is InChI=1S/C22H31N3O5/c1-22(2,3)30-21(27)24-12-10-15(11-13-24)16-4-9-19(20(14-16)25(28)29)23-17-5-7-18(26)8-6-17/h4,9-10,14,17-18,23,26H,5-8,11-13H2,1-3H3. The molecule has 2 N–H and O–H groups in total. The predicted molar refractivity (Wildman–Crippen MR) is 115 cm³/mol. The van der Waals surface area contributed by atoms with Gasteiger partial charge in [0.05, 0.1) is 11.0 Å². The van der Waals surface area contributed by atoms with Gasteiger partial charge >= 0.3 is 6.09 Å². The maximum absolute atomic E-state index is 12.2. The van der Waals surface area contributed by atoms with Crippen molar-refractivity contribution in [2.45, 2.75) is 70.6 Å². The number of benzene rings is 1. The fourth-order valence-electron chi connectivity index (χ4n) is 3.87. The van der Waals surface area contributed by atoms with Gasteiger partial charge < -0.3 is 20.1 Å². The molecule has 3 rings (SSSR count). The number of aliphatic hydroxyl groups is 1. The van der Waals surface area contributed by atoms with E-state index in [1.54, 1.807) is 17.0 Å². The third kappa shape index (κ3) is 5.72. The van der Waals surface area contributed by atoms with Crippen molar-refractivity contribution in [3.8, 4) is 0 Å². The number of carbonyl (C=O) groups excluding carboxylic acids is 1. The molecule has 0 unspecified atom stereocenters. The molecule has 1 saturated carbocycles. The molecule has 0 radical (unpaired) electrons. The number of nitrogens with one attached hydrogen (secondary N) is 1. The first-order valence-corrected chi connectivity index (χ1v) is 10.5. The molecule has 0 spiro atoms. The highest BCUT2D eigenvalue weighted by Crippen LogP contribution is 2.33. The van der Waals surface area contributed by atoms with Gasteiger partial charge in [0.1, 0.15) is 11.3 Å². The number of nitrogens with zero attached hydrogens (tertiary/aromatic N) is 2. The van der Waals surface area contributed by atoms with Gasteiger partial charge in [0, 0.05) is 25.2 Å². The Hall–Kier alpha value is -2.61. The molecule has 0 aromatic heterocycles. The van der Waals surface area contributed by atoms with Gasteiger partial charge in [0.2, 0.25) is 0 Å². The molecular formula is C22H31N3O5. The number of anilines is 1. The molecule has 1 fully saturated rings. The first-order chi connectivity index (χ1) is 14.1. The molecule has 8 nitrogen and oxygen atoms in total. The molecule has 8 heteroatoms. The van der Waals surface area contributed by atoms with E-state index in [-0.39, 0.29) is 28.8 Å². The summed E-state index contributed by atoms with van der Waals surface area (Å²) in [6, 6.07) is 5.39. The SMILES string of the molecule is CC(C)(C)OC(=O)N1CC=C(c2ccc(NC3CCC(O)CC3)c([N+](=O)[O-])c2)CC1. The highest BCUT2D eigenvalue weighted by molar-refractivity contribution is 5.76. The second kappa shape index (κ2) is 9.04. The van der Waals surface area contributed by atoms with Crippen LogP contribution in [0.2, 0.25) is 0 Å². The number of rotatable bonds is 4. The monoisotopic (exact) mass is 417 g/mol. The van der Waals surface area contributed by atoms with Crippen molar-refractivity contribution in [2.24, 2.45) is 0 Å². The van der Waals surface area contributed by atoms with Gasteiger partial charge in [-0.1, -0.05) is 12.1 Å². The van der Waals surface area contributed by atoms with Crippen LogP contribution in [0.4, 0.5) is 16.2 Å². The number of carbonyl (C=O) groups is 1. The highest BCUT2D eigenvalue weighted by Gasteiger charge is 2.26. The maximum atomic E-state index is 12.2. The summed E-state index contributed by atoms with van der Waals surface area (Å²) in [5, 5.41) is 24.6. The van der Waals surface area contributed by atoms with Crippen LogP contribution in [0.3, 0.4) is 0 Å². The Morgan fingerprint density at radius 1 is 1.27 bits per heavy atom. The third-order valence-electron chi connectivity index (χ3n) is 5.48. The topological polar surface area (TPSA) is 105 Å². The second-order valence-corrected chi connectivity index (χ2v) is 9.04. The van der Waals surface area contributed by atoms with Gasteiger partial charge in [-0.3, -0.25) is 10.1 Å². The Morgan fingerprint density at radius 2 is 1.97 bits per heavy atom. The number of ether oxygens (including phenoxy) is 1. The summed E-state index contributed by atoms with van der Waals surface area (Å²) in [5.74, 6) is 0. The van der Waals surface area contributed by atoms with E-state index in [9.17, 15) is 20.0 Å². The molecule has 1 amide bonds. The highest BCUT2D eigenvalue weighted by atomic mass is 16.6. The van der Waals surface area contributed by atoms with Gasteiger partial charge in [-0.15, -0.1) is 0 Å². The molecule has 1 aromatic rings. The lowest BCUT2D eigenvalue weighted by atomic mass is 9.92. The predicted octanol–water partition coefficient (Wildman–Crippen LogP) is 4.33. The van der Waals surface area contributed by atoms with Crippen molar-refractivity contribution in [2.75, 3.05) is 18.4 Å². The Bertz CT molecular complexity index is 823. The lowest BCUT2D eigenvalue weighted by Crippen LogP contribution is -2.39. The van der Waals surface area contributed by atoms with Gasteiger partial charge in [-0.2, -0.15) is 0 Å². The molecule has 164 valence electrons. The molecule has 2 aliphatic rings. The molecule has 0 saturated heterocycles. The Labute approximate surface area is 177 Å². The van der Waals surface area contributed by atoms with Crippen LogP contribution in [0.5, 0.6) is 0 Å². The fraction of sp³-hybridized carbons (Fsp3) is 0.591. The molecule has 30 heavy (non-hydrogen) atoms. The molecule has 0 atom stereocenters. The van der Waals surface area contributed by atoms with Gasteiger partial charge in [-0.05, 0) is 70.1 Å².